The molecule has 1 aromatic heterocycles. The van der Waals surface area contributed by atoms with Crippen LogP contribution in [0.25, 0.3) is 120 Å². The van der Waals surface area contributed by atoms with Gasteiger partial charge in [-0.05, 0) is 195 Å². The molecule has 0 unspecified atom stereocenters. The van der Waals surface area contributed by atoms with Crippen molar-refractivity contribution in [3.8, 4) is 34.2 Å². The summed E-state index contributed by atoms with van der Waals surface area (Å²) in [5.74, 6) is 1.84. The van der Waals surface area contributed by atoms with Crippen molar-refractivity contribution in [1.82, 2.24) is 15.0 Å². The summed E-state index contributed by atoms with van der Waals surface area (Å²) >= 11 is 0. The fourth-order valence-electron chi connectivity index (χ4n) is 16.2. The lowest BCUT2D eigenvalue weighted by Gasteiger charge is -2.46. The van der Waals surface area contributed by atoms with Gasteiger partial charge in [-0.15, -0.1) is 0 Å². The molecule has 0 radical (unpaired) electrons. The Morgan fingerprint density at radius 2 is 0.547 bits per heavy atom. The van der Waals surface area contributed by atoms with Crippen LogP contribution in [0.2, 0.25) is 0 Å². The van der Waals surface area contributed by atoms with E-state index in [0.717, 1.165) is 50.8 Å². The first-order chi connectivity index (χ1) is 45.6. The zero-order chi connectivity index (χ0) is 64.9. The highest BCUT2D eigenvalue weighted by Gasteiger charge is 2.47. The number of hydrogen-bond acceptors (Lipinski definition) is 5. The van der Waals surface area contributed by atoms with E-state index in [4.69, 9.17) is 15.0 Å². The minimum absolute atomic E-state index is 0.185. The Morgan fingerprint density at radius 1 is 0.253 bits per heavy atom. The minimum Gasteiger partial charge on any atom is -0.311 e. The van der Waals surface area contributed by atoms with E-state index >= 15 is 0 Å². The summed E-state index contributed by atoms with van der Waals surface area (Å²) in [6, 6.07) is 87.8. The fraction of sp³-hybridized carbons (Fsp3) is 0.180. The van der Waals surface area contributed by atoms with Crippen molar-refractivity contribution in [2.24, 2.45) is 0 Å². The van der Waals surface area contributed by atoms with Crippen LogP contribution < -0.4 is 26.2 Å². The average Bonchev–Trinajstić information content (AvgIpc) is 0.673. The maximum absolute atomic E-state index is 5.63. The van der Waals surface area contributed by atoms with E-state index in [0.29, 0.717) is 17.5 Å². The maximum Gasteiger partial charge on any atom is 0.253 e. The maximum atomic E-state index is 5.63. The Labute approximate surface area is 556 Å². The molecule has 95 heavy (non-hydrogen) atoms. The third-order valence-electron chi connectivity index (χ3n) is 21.1. The number of anilines is 6. The van der Waals surface area contributed by atoms with Gasteiger partial charge < -0.3 is 9.80 Å². The van der Waals surface area contributed by atoms with Crippen molar-refractivity contribution in [3.63, 3.8) is 0 Å². The predicted octanol–water partition coefficient (Wildman–Crippen LogP) is 22.2. The molecule has 0 amide bonds. The summed E-state index contributed by atoms with van der Waals surface area (Å²) in [7, 11) is 0. The van der Waals surface area contributed by atoms with Gasteiger partial charge in [0.15, 0.2) is 17.5 Å². The fourth-order valence-corrected chi connectivity index (χ4v) is 16.2. The molecule has 458 valence electrons. The summed E-state index contributed by atoms with van der Waals surface area (Å²) in [4.78, 5) is 21.9. The first kappa shape index (κ1) is 57.3. The van der Waals surface area contributed by atoms with Crippen LogP contribution in [0, 0.1) is 0 Å². The molecule has 5 nitrogen and oxygen atoms in total. The molecule has 0 saturated heterocycles. The summed E-state index contributed by atoms with van der Waals surface area (Å²) in [5.41, 5.74) is 17.7. The average molecular weight is 1220 g/mol. The highest BCUT2D eigenvalue weighted by molar-refractivity contribution is 7.03. The zero-order valence-electron chi connectivity index (χ0n) is 56.3. The quantitative estimate of drug-likeness (QED) is 0.0976. The van der Waals surface area contributed by atoms with Gasteiger partial charge in [-0.3, -0.25) is 0 Å². The molecule has 0 saturated carbocycles. The largest absolute Gasteiger partial charge is 0.311 e. The lowest BCUT2D eigenvalue weighted by Crippen LogP contribution is -2.62. The van der Waals surface area contributed by atoms with E-state index in [1.54, 1.807) is 0 Å². The van der Waals surface area contributed by atoms with E-state index in [1.807, 2.05) is 0 Å². The molecular weight excluding hydrogens is 1150 g/mol. The first-order valence-electron chi connectivity index (χ1n) is 33.9. The van der Waals surface area contributed by atoms with Crippen LogP contribution in [0.5, 0.6) is 0 Å². The monoisotopic (exact) mass is 1220 g/mol. The van der Waals surface area contributed by atoms with E-state index in [9.17, 15) is 0 Å². The molecule has 2 aliphatic rings. The SMILES string of the molecule is CC(C)(C)c1cc(N2c3cc(-c4nc(-c5ccccc5)nc(-c5ccccc5)n4)cc4c3B(c3c2cc2c5cccc6cccc(c7cccc3c72)c65)c2c(cc3c5cccc6cccc(c7cccc2c73)c65)N4c2cc(C(C)(C)C)cc(C(C)(C)C)c2)cc(C(C)(C)C)c1. The number of nitrogens with zero attached hydrogens (tertiary/aromatic N) is 5. The molecule has 0 N–H and O–H groups in total. The summed E-state index contributed by atoms with van der Waals surface area (Å²) in [6.45, 7) is 28.1. The van der Waals surface area contributed by atoms with E-state index in [1.165, 1.54) is 125 Å². The normalized spacial score (nSPS) is 13.6. The topological polar surface area (TPSA) is 45.2 Å². The van der Waals surface area contributed by atoms with Crippen molar-refractivity contribution in [2.45, 2.75) is 105 Å². The van der Waals surface area contributed by atoms with E-state index < -0.39 is 0 Å². The number of fused-ring (bicyclic) bond motifs is 10. The molecular formula is C89H74BN5. The molecule has 0 fully saturated rings. The van der Waals surface area contributed by atoms with Gasteiger partial charge in [-0.1, -0.05) is 265 Å². The molecule has 6 heteroatoms. The lowest BCUT2D eigenvalue weighted by molar-refractivity contribution is 0.568. The molecule has 18 rings (SSSR count). The summed E-state index contributed by atoms with van der Waals surface area (Å²) < 4.78 is 0. The Morgan fingerprint density at radius 3 is 0.895 bits per heavy atom. The molecule has 0 bridgehead atoms. The van der Waals surface area contributed by atoms with Gasteiger partial charge in [0.2, 0.25) is 0 Å². The van der Waals surface area contributed by atoms with Gasteiger partial charge in [-0.2, -0.15) is 0 Å². The molecule has 15 aromatic carbocycles. The van der Waals surface area contributed by atoms with Crippen LogP contribution in [0.15, 0.2) is 231 Å². The summed E-state index contributed by atoms with van der Waals surface area (Å²) in [6.07, 6.45) is 0. The van der Waals surface area contributed by atoms with Gasteiger partial charge in [0, 0.05) is 50.8 Å². The van der Waals surface area contributed by atoms with E-state index in [-0.39, 0.29) is 28.4 Å². The Kier molecular flexibility index (Phi) is 12.1. The second-order valence-corrected chi connectivity index (χ2v) is 31.2. The second kappa shape index (κ2) is 20.1. The van der Waals surface area contributed by atoms with Crippen LogP contribution in [0.1, 0.15) is 105 Å². The number of aromatic nitrogens is 3. The standard InChI is InChI=1S/C89H74BN5/c1-86(2,3)56-43-57(87(4,5)6)46-60(45-56)94-72-41-55(85-92-83(53-25-15-13-16-26-53)91-84(93-85)54-27-17-14-18-28-54)42-73-82(72)90(80-68-39-23-37-64-62-33-19-29-51-31-21-35-66(76(51)62)70(78(64)68)49-74(80)94)81-69-40-24-38-65-63-34-20-30-52-32-22-36-67(77(52)63)71(79(65)69)50-75(81)95(73)61-47-58(88(7,8)9)44-59(48-61)89(10,11)12/h13-50H,1-12H3. The number of hydrogen-bond donors (Lipinski definition) is 0. The third kappa shape index (κ3) is 8.65. The molecule has 16 aromatic rings. The van der Waals surface area contributed by atoms with Crippen molar-refractivity contribution in [1.29, 1.82) is 0 Å². The highest BCUT2D eigenvalue weighted by atomic mass is 15.2. The summed E-state index contributed by atoms with van der Waals surface area (Å²) in [5, 5.41) is 20.3. The van der Waals surface area contributed by atoms with Gasteiger partial charge in [0.25, 0.3) is 6.71 Å². The van der Waals surface area contributed by atoms with Crippen LogP contribution in [-0.2, 0) is 21.7 Å². The third-order valence-corrected chi connectivity index (χ3v) is 21.1. The molecule has 0 atom stereocenters. The van der Waals surface area contributed by atoms with E-state index in [2.05, 4.69) is 323 Å². The number of benzene rings is 15. The van der Waals surface area contributed by atoms with Crippen LogP contribution >= 0.6 is 0 Å². The van der Waals surface area contributed by atoms with Crippen molar-refractivity contribution < 1.29 is 0 Å². The predicted molar refractivity (Wildman–Crippen MR) is 407 cm³/mol. The Hall–Kier alpha value is -10.4. The van der Waals surface area contributed by atoms with Gasteiger partial charge in [-0.25, -0.2) is 15.0 Å². The molecule has 2 aliphatic heterocycles. The van der Waals surface area contributed by atoms with Gasteiger partial charge in [0.05, 0.1) is 0 Å². The Balaban J connectivity index is 1.09. The lowest BCUT2D eigenvalue weighted by atomic mass is 9.32. The van der Waals surface area contributed by atoms with Crippen LogP contribution in [0.3, 0.4) is 0 Å². The van der Waals surface area contributed by atoms with Crippen molar-refractivity contribution in [2.75, 3.05) is 9.80 Å². The molecule has 0 aliphatic carbocycles. The highest BCUT2D eigenvalue weighted by Crippen LogP contribution is 2.53. The van der Waals surface area contributed by atoms with Crippen LogP contribution in [-0.4, -0.2) is 21.7 Å². The zero-order valence-corrected chi connectivity index (χ0v) is 56.3. The molecule has 0 spiro atoms. The van der Waals surface area contributed by atoms with Gasteiger partial charge >= 0.3 is 0 Å². The number of rotatable bonds is 5. The van der Waals surface area contributed by atoms with Crippen molar-refractivity contribution in [3.05, 3.63) is 253 Å². The Bertz CT molecular complexity index is 5470. The molecule has 3 heterocycles. The first-order valence-corrected chi connectivity index (χ1v) is 33.9. The van der Waals surface area contributed by atoms with Crippen molar-refractivity contribution >= 4 is 143 Å². The van der Waals surface area contributed by atoms with Gasteiger partial charge in [0.1, 0.15) is 0 Å². The smallest absolute Gasteiger partial charge is 0.253 e. The minimum atomic E-state index is -0.278. The second-order valence-electron chi connectivity index (χ2n) is 31.2. The van der Waals surface area contributed by atoms with Crippen LogP contribution in [0.4, 0.5) is 34.1 Å².